The highest BCUT2D eigenvalue weighted by atomic mass is 79.9. The highest BCUT2D eigenvalue weighted by Crippen LogP contribution is 2.29. The van der Waals surface area contributed by atoms with Gasteiger partial charge >= 0.3 is 0 Å². The minimum absolute atomic E-state index is 0.0131. The number of aryl methyl sites for hydroxylation is 3. The number of nitrogens with one attached hydrogen (secondary N) is 1. The van der Waals surface area contributed by atoms with Gasteiger partial charge in [-0.25, -0.2) is 0 Å². The molecular formula is C21H21BrN4O. The number of halogens is 1. The zero-order valence-corrected chi connectivity index (χ0v) is 17.0. The Morgan fingerprint density at radius 2 is 2.15 bits per heavy atom. The summed E-state index contributed by atoms with van der Waals surface area (Å²) in [4.78, 5) is 17.5. The van der Waals surface area contributed by atoms with Crippen molar-refractivity contribution in [3.63, 3.8) is 0 Å². The van der Waals surface area contributed by atoms with E-state index in [-0.39, 0.29) is 11.9 Å². The molecule has 1 amide bonds. The number of hydrogen-bond donors (Lipinski definition) is 1. The Bertz CT molecular complexity index is 1010. The molecule has 1 aliphatic rings. The van der Waals surface area contributed by atoms with Gasteiger partial charge in [0, 0.05) is 28.8 Å². The highest BCUT2D eigenvalue weighted by Gasteiger charge is 2.25. The summed E-state index contributed by atoms with van der Waals surface area (Å²) in [5, 5.41) is 7.67. The predicted molar refractivity (Wildman–Crippen MR) is 108 cm³/mol. The van der Waals surface area contributed by atoms with E-state index in [9.17, 15) is 4.79 Å². The molecule has 6 heteroatoms. The lowest BCUT2D eigenvalue weighted by molar-refractivity contribution is 0.0931. The molecule has 0 saturated carbocycles. The van der Waals surface area contributed by atoms with Crippen LogP contribution in [0.1, 0.15) is 46.2 Å². The molecule has 1 aromatic carbocycles. The number of carbonyl (C=O) groups excluding carboxylic acids is 1. The average molecular weight is 425 g/mol. The number of amides is 1. The van der Waals surface area contributed by atoms with E-state index in [1.807, 2.05) is 61.2 Å². The number of nitrogens with zero attached hydrogens (tertiary/aromatic N) is 3. The highest BCUT2D eigenvalue weighted by molar-refractivity contribution is 9.10. The second kappa shape index (κ2) is 7.27. The number of pyridine rings is 1. The standard InChI is InChI=1S/C21H21BrN4O/c1-13-16(9-10-18(23-13)14-5-3-6-15(22)11-14)21(27)24-19-7-4-8-20-17(19)12-26(2)25-20/h3,5-6,9-12,19H,4,7-8H2,1-2H3,(H,24,27). The van der Waals surface area contributed by atoms with Gasteiger partial charge in [0.05, 0.1) is 28.7 Å². The molecule has 138 valence electrons. The molecule has 1 unspecified atom stereocenters. The summed E-state index contributed by atoms with van der Waals surface area (Å²) in [6.07, 6.45) is 4.96. The molecule has 0 saturated heterocycles. The monoisotopic (exact) mass is 424 g/mol. The van der Waals surface area contributed by atoms with Crippen LogP contribution in [0.2, 0.25) is 0 Å². The van der Waals surface area contributed by atoms with E-state index in [1.54, 1.807) is 0 Å². The molecule has 2 aromatic heterocycles. The maximum absolute atomic E-state index is 12.9. The number of rotatable bonds is 3. The van der Waals surface area contributed by atoms with Crippen LogP contribution in [0, 0.1) is 6.92 Å². The van der Waals surface area contributed by atoms with Gasteiger partial charge in [-0.05, 0) is 50.5 Å². The van der Waals surface area contributed by atoms with Crippen molar-refractivity contribution in [2.45, 2.75) is 32.2 Å². The fourth-order valence-electron chi connectivity index (χ4n) is 3.66. The third-order valence-electron chi connectivity index (χ3n) is 4.98. The molecule has 0 aliphatic heterocycles. The molecular weight excluding hydrogens is 404 g/mol. The van der Waals surface area contributed by atoms with Gasteiger partial charge in [-0.2, -0.15) is 5.10 Å². The zero-order valence-electron chi connectivity index (χ0n) is 15.4. The number of carbonyl (C=O) groups is 1. The predicted octanol–water partition coefficient (Wildman–Crippen LogP) is 4.36. The maximum atomic E-state index is 12.9. The van der Waals surface area contributed by atoms with Crippen LogP contribution >= 0.6 is 15.9 Å². The Morgan fingerprint density at radius 3 is 2.93 bits per heavy atom. The van der Waals surface area contributed by atoms with Crippen LogP contribution < -0.4 is 5.32 Å². The fourth-order valence-corrected chi connectivity index (χ4v) is 4.06. The molecule has 0 fully saturated rings. The summed E-state index contributed by atoms with van der Waals surface area (Å²) in [5.41, 5.74) is 5.45. The van der Waals surface area contributed by atoms with E-state index >= 15 is 0 Å². The van der Waals surface area contributed by atoms with Gasteiger partial charge in [0.1, 0.15) is 0 Å². The number of benzene rings is 1. The molecule has 1 N–H and O–H groups in total. The summed E-state index contributed by atoms with van der Waals surface area (Å²) in [6, 6.07) is 11.8. The van der Waals surface area contributed by atoms with Crippen molar-refractivity contribution in [1.29, 1.82) is 0 Å². The van der Waals surface area contributed by atoms with Gasteiger partial charge in [0.15, 0.2) is 0 Å². The first-order valence-corrected chi connectivity index (χ1v) is 9.87. The lowest BCUT2D eigenvalue weighted by Gasteiger charge is -2.23. The molecule has 2 heterocycles. The molecule has 1 aliphatic carbocycles. The molecule has 0 radical (unpaired) electrons. The average Bonchev–Trinajstić information content (AvgIpc) is 3.03. The molecule has 4 rings (SSSR count). The summed E-state index contributed by atoms with van der Waals surface area (Å²) in [7, 11) is 1.92. The van der Waals surface area contributed by atoms with Gasteiger partial charge < -0.3 is 5.32 Å². The van der Waals surface area contributed by atoms with Crippen molar-refractivity contribution in [2.75, 3.05) is 0 Å². The topological polar surface area (TPSA) is 59.8 Å². The Morgan fingerprint density at radius 1 is 1.30 bits per heavy atom. The Hall–Kier alpha value is -2.47. The molecule has 1 atom stereocenters. The van der Waals surface area contributed by atoms with Gasteiger partial charge in [-0.1, -0.05) is 28.1 Å². The summed E-state index contributed by atoms with van der Waals surface area (Å²) < 4.78 is 2.83. The number of aromatic nitrogens is 3. The van der Waals surface area contributed by atoms with E-state index in [0.29, 0.717) is 5.56 Å². The van der Waals surface area contributed by atoms with Crippen LogP contribution in [0.3, 0.4) is 0 Å². The summed E-state index contributed by atoms with van der Waals surface area (Å²) in [5.74, 6) is -0.0810. The lowest BCUT2D eigenvalue weighted by Crippen LogP contribution is -2.31. The van der Waals surface area contributed by atoms with Crippen LogP contribution in [0.5, 0.6) is 0 Å². The second-order valence-electron chi connectivity index (χ2n) is 6.96. The molecule has 0 bridgehead atoms. The first kappa shape index (κ1) is 17.9. The Balaban J connectivity index is 1.56. The van der Waals surface area contributed by atoms with Crippen molar-refractivity contribution in [3.05, 3.63) is 69.6 Å². The zero-order chi connectivity index (χ0) is 19.0. The largest absolute Gasteiger partial charge is 0.345 e. The third kappa shape index (κ3) is 3.67. The van der Waals surface area contributed by atoms with Crippen molar-refractivity contribution >= 4 is 21.8 Å². The van der Waals surface area contributed by atoms with Crippen LogP contribution in [-0.4, -0.2) is 20.7 Å². The quantitative estimate of drug-likeness (QED) is 0.679. The van der Waals surface area contributed by atoms with Crippen LogP contribution in [0.25, 0.3) is 11.3 Å². The Kier molecular flexibility index (Phi) is 4.83. The van der Waals surface area contributed by atoms with Crippen LogP contribution in [0.4, 0.5) is 0 Å². The minimum atomic E-state index is -0.0810. The van der Waals surface area contributed by atoms with Crippen molar-refractivity contribution in [1.82, 2.24) is 20.1 Å². The van der Waals surface area contributed by atoms with E-state index in [4.69, 9.17) is 0 Å². The smallest absolute Gasteiger partial charge is 0.253 e. The third-order valence-corrected chi connectivity index (χ3v) is 5.47. The van der Waals surface area contributed by atoms with Gasteiger partial charge in [-0.3, -0.25) is 14.5 Å². The first-order chi connectivity index (χ1) is 13.0. The maximum Gasteiger partial charge on any atom is 0.253 e. The molecule has 3 aromatic rings. The van der Waals surface area contributed by atoms with E-state index in [1.165, 1.54) is 0 Å². The number of fused-ring (bicyclic) bond motifs is 1. The SMILES string of the molecule is Cc1nc(-c2cccc(Br)c2)ccc1C(=O)NC1CCCc2nn(C)cc21. The van der Waals surface area contributed by atoms with Crippen molar-refractivity contribution in [2.24, 2.45) is 7.05 Å². The summed E-state index contributed by atoms with van der Waals surface area (Å²) in [6.45, 7) is 1.88. The number of hydrogen-bond acceptors (Lipinski definition) is 3. The lowest BCUT2D eigenvalue weighted by atomic mass is 9.93. The van der Waals surface area contributed by atoms with Gasteiger partial charge in [0.2, 0.25) is 0 Å². The van der Waals surface area contributed by atoms with Gasteiger partial charge in [-0.15, -0.1) is 0 Å². The van der Waals surface area contributed by atoms with E-state index < -0.39 is 0 Å². The fraction of sp³-hybridized carbons (Fsp3) is 0.286. The molecule has 0 spiro atoms. The van der Waals surface area contributed by atoms with Gasteiger partial charge in [0.25, 0.3) is 5.91 Å². The summed E-state index contributed by atoms with van der Waals surface area (Å²) >= 11 is 3.49. The molecule has 5 nitrogen and oxygen atoms in total. The van der Waals surface area contributed by atoms with Crippen molar-refractivity contribution < 1.29 is 4.79 Å². The van der Waals surface area contributed by atoms with E-state index in [2.05, 4.69) is 31.3 Å². The minimum Gasteiger partial charge on any atom is -0.345 e. The van der Waals surface area contributed by atoms with E-state index in [0.717, 1.165) is 51.9 Å². The molecule has 27 heavy (non-hydrogen) atoms. The van der Waals surface area contributed by atoms with Crippen LogP contribution in [0.15, 0.2) is 47.1 Å². The Labute approximate surface area is 167 Å². The van der Waals surface area contributed by atoms with Crippen LogP contribution in [-0.2, 0) is 13.5 Å². The van der Waals surface area contributed by atoms with Crippen molar-refractivity contribution in [3.8, 4) is 11.3 Å². The second-order valence-corrected chi connectivity index (χ2v) is 7.88. The first-order valence-electron chi connectivity index (χ1n) is 9.08. The normalized spacial score (nSPS) is 16.0.